The maximum atomic E-state index is 11.7. The molecule has 6 nitrogen and oxygen atoms in total. The average molecular weight is 341 g/mol. The molecule has 2 aromatic carbocycles. The molecule has 114 valence electrons. The Hall–Kier alpha value is -2.31. The van der Waals surface area contributed by atoms with Crippen molar-refractivity contribution in [3.63, 3.8) is 0 Å². The molecule has 0 aromatic heterocycles. The first kappa shape index (κ1) is 16.1. The SMILES string of the molecule is O=C(Nc1cc(Cl)ccc1Cl)OCc1ccc([N+](=O)[O-])cc1. The van der Waals surface area contributed by atoms with Gasteiger partial charge in [-0.1, -0.05) is 23.2 Å². The first-order chi connectivity index (χ1) is 10.5. The van der Waals surface area contributed by atoms with Crippen LogP contribution in [-0.4, -0.2) is 11.0 Å². The molecule has 0 saturated heterocycles. The van der Waals surface area contributed by atoms with Gasteiger partial charge in [-0.2, -0.15) is 0 Å². The van der Waals surface area contributed by atoms with Crippen molar-refractivity contribution < 1.29 is 14.5 Å². The fourth-order valence-electron chi connectivity index (χ4n) is 1.60. The smallest absolute Gasteiger partial charge is 0.412 e. The van der Waals surface area contributed by atoms with Crippen LogP contribution in [0.3, 0.4) is 0 Å². The molecule has 0 aliphatic rings. The number of amides is 1. The number of rotatable bonds is 4. The number of nitro groups is 1. The summed E-state index contributed by atoms with van der Waals surface area (Å²) in [4.78, 5) is 21.7. The lowest BCUT2D eigenvalue weighted by Crippen LogP contribution is -2.13. The van der Waals surface area contributed by atoms with Gasteiger partial charge >= 0.3 is 6.09 Å². The van der Waals surface area contributed by atoms with E-state index in [1.165, 1.54) is 30.3 Å². The number of carbonyl (C=O) groups is 1. The predicted octanol–water partition coefficient (Wildman–Crippen LogP) is 4.65. The van der Waals surface area contributed by atoms with Gasteiger partial charge in [0.05, 0.1) is 15.6 Å². The minimum Gasteiger partial charge on any atom is -0.444 e. The van der Waals surface area contributed by atoms with Crippen LogP contribution in [0.25, 0.3) is 0 Å². The standard InChI is InChI=1S/C14H10Cl2N2O4/c15-10-3-6-12(16)13(7-10)17-14(19)22-8-9-1-4-11(5-2-9)18(20)21/h1-7H,8H2,(H,17,19). The van der Waals surface area contributed by atoms with Crippen LogP contribution in [0.1, 0.15) is 5.56 Å². The summed E-state index contributed by atoms with van der Waals surface area (Å²) in [5, 5.41) is 13.7. The van der Waals surface area contributed by atoms with Crippen molar-refractivity contribution >= 4 is 40.7 Å². The van der Waals surface area contributed by atoms with Crippen molar-refractivity contribution in [1.29, 1.82) is 0 Å². The third kappa shape index (κ3) is 4.34. The topological polar surface area (TPSA) is 81.5 Å². The zero-order chi connectivity index (χ0) is 16.1. The van der Waals surface area contributed by atoms with Gasteiger partial charge in [0.1, 0.15) is 6.61 Å². The van der Waals surface area contributed by atoms with E-state index >= 15 is 0 Å². The maximum absolute atomic E-state index is 11.7. The van der Waals surface area contributed by atoms with E-state index in [0.29, 0.717) is 21.3 Å². The Labute approximate surface area is 135 Å². The summed E-state index contributed by atoms with van der Waals surface area (Å²) in [6.45, 7) is -0.0258. The van der Waals surface area contributed by atoms with Gasteiger partial charge in [-0.3, -0.25) is 15.4 Å². The number of nitrogens with one attached hydrogen (secondary N) is 1. The number of carbonyl (C=O) groups excluding carboxylic acids is 1. The first-order valence-electron chi connectivity index (χ1n) is 6.08. The van der Waals surface area contributed by atoms with Crippen molar-refractivity contribution in [1.82, 2.24) is 0 Å². The lowest BCUT2D eigenvalue weighted by molar-refractivity contribution is -0.384. The predicted molar refractivity (Wildman–Crippen MR) is 83.4 cm³/mol. The van der Waals surface area contributed by atoms with E-state index in [1.54, 1.807) is 12.1 Å². The molecule has 2 rings (SSSR count). The normalized spacial score (nSPS) is 10.1. The zero-order valence-corrected chi connectivity index (χ0v) is 12.6. The molecule has 0 aliphatic carbocycles. The molecule has 2 aromatic rings. The van der Waals surface area contributed by atoms with Crippen LogP contribution in [0.5, 0.6) is 0 Å². The summed E-state index contributed by atoms with van der Waals surface area (Å²) in [5.74, 6) is 0. The van der Waals surface area contributed by atoms with E-state index in [0.717, 1.165) is 0 Å². The molecule has 22 heavy (non-hydrogen) atoms. The van der Waals surface area contributed by atoms with Crippen LogP contribution < -0.4 is 5.32 Å². The van der Waals surface area contributed by atoms with E-state index in [2.05, 4.69) is 5.32 Å². The number of anilines is 1. The fraction of sp³-hybridized carbons (Fsp3) is 0.0714. The van der Waals surface area contributed by atoms with Gasteiger partial charge in [-0.15, -0.1) is 0 Å². The molecule has 0 atom stereocenters. The lowest BCUT2D eigenvalue weighted by atomic mass is 10.2. The van der Waals surface area contributed by atoms with Crippen LogP contribution >= 0.6 is 23.2 Å². The molecule has 0 aliphatic heterocycles. The third-order valence-corrected chi connectivity index (χ3v) is 3.25. The quantitative estimate of drug-likeness (QED) is 0.648. The summed E-state index contributed by atoms with van der Waals surface area (Å²) in [6, 6.07) is 10.3. The number of ether oxygens (including phenoxy) is 1. The highest BCUT2D eigenvalue weighted by Crippen LogP contribution is 2.25. The van der Waals surface area contributed by atoms with Crippen LogP contribution in [-0.2, 0) is 11.3 Å². The molecule has 0 radical (unpaired) electrons. The molecule has 0 fully saturated rings. The second-order valence-electron chi connectivity index (χ2n) is 4.25. The largest absolute Gasteiger partial charge is 0.444 e. The van der Waals surface area contributed by atoms with Gasteiger partial charge in [0, 0.05) is 17.2 Å². The summed E-state index contributed by atoms with van der Waals surface area (Å²) >= 11 is 11.7. The van der Waals surface area contributed by atoms with Gasteiger partial charge in [0.25, 0.3) is 5.69 Å². The van der Waals surface area contributed by atoms with Gasteiger partial charge in [0.15, 0.2) is 0 Å². The van der Waals surface area contributed by atoms with Crippen molar-refractivity contribution in [2.45, 2.75) is 6.61 Å². The summed E-state index contributed by atoms with van der Waals surface area (Å²) < 4.78 is 5.01. The van der Waals surface area contributed by atoms with Gasteiger partial charge in [-0.05, 0) is 35.9 Å². The Morgan fingerprint density at radius 1 is 1.18 bits per heavy atom. The second-order valence-corrected chi connectivity index (χ2v) is 5.09. The Morgan fingerprint density at radius 3 is 2.50 bits per heavy atom. The van der Waals surface area contributed by atoms with Crippen LogP contribution in [0, 0.1) is 10.1 Å². The molecular formula is C14H10Cl2N2O4. The van der Waals surface area contributed by atoms with Crippen LogP contribution in [0.15, 0.2) is 42.5 Å². The highest BCUT2D eigenvalue weighted by atomic mass is 35.5. The number of nitrogens with zero attached hydrogens (tertiary/aromatic N) is 1. The number of benzene rings is 2. The van der Waals surface area contributed by atoms with E-state index in [1.807, 2.05) is 0 Å². The molecule has 1 N–H and O–H groups in total. The number of hydrogen-bond donors (Lipinski definition) is 1. The molecule has 8 heteroatoms. The highest BCUT2D eigenvalue weighted by molar-refractivity contribution is 6.35. The highest BCUT2D eigenvalue weighted by Gasteiger charge is 2.09. The Morgan fingerprint density at radius 2 is 1.86 bits per heavy atom. The molecule has 0 saturated carbocycles. The molecule has 0 spiro atoms. The number of hydrogen-bond acceptors (Lipinski definition) is 4. The van der Waals surface area contributed by atoms with E-state index in [9.17, 15) is 14.9 Å². The summed E-state index contributed by atoms with van der Waals surface area (Å²) in [7, 11) is 0. The van der Waals surface area contributed by atoms with Gasteiger partial charge < -0.3 is 4.74 Å². The van der Waals surface area contributed by atoms with Gasteiger partial charge in [0.2, 0.25) is 0 Å². The zero-order valence-electron chi connectivity index (χ0n) is 11.1. The van der Waals surface area contributed by atoms with Crippen LogP contribution in [0.4, 0.5) is 16.2 Å². The summed E-state index contributed by atoms with van der Waals surface area (Å²) in [5.41, 5.74) is 0.930. The number of halogens is 2. The Kier molecular flexibility index (Phi) is 5.19. The Balaban J connectivity index is 1.92. The first-order valence-corrected chi connectivity index (χ1v) is 6.83. The lowest BCUT2D eigenvalue weighted by Gasteiger charge is -2.08. The number of non-ortho nitro benzene ring substituents is 1. The second kappa shape index (κ2) is 7.11. The third-order valence-electron chi connectivity index (χ3n) is 2.68. The van der Waals surface area contributed by atoms with Crippen molar-refractivity contribution in [3.05, 3.63) is 68.2 Å². The van der Waals surface area contributed by atoms with E-state index in [-0.39, 0.29) is 12.3 Å². The molecule has 0 heterocycles. The summed E-state index contributed by atoms with van der Waals surface area (Å²) in [6.07, 6.45) is -0.706. The number of nitro benzene ring substituents is 1. The van der Waals surface area contributed by atoms with E-state index < -0.39 is 11.0 Å². The maximum Gasteiger partial charge on any atom is 0.412 e. The molecule has 0 bridgehead atoms. The van der Waals surface area contributed by atoms with E-state index in [4.69, 9.17) is 27.9 Å². The fourth-order valence-corrected chi connectivity index (χ4v) is 1.94. The molecule has 1 amide bonds. The average Bonchev–Trinajstić information content (AvgIpc) is 2.49. The van der Waals surface area contributed by atoms with Crippen LogP contribution in [0.2, 0.25) is 10.0 Å². The van der Waals surface area contributed by atoms with Crippen molar-refractivity contribution in [2.24, 2.45) is 0 Å². The Bertz CT molecular complexity index is 704. The van der Waals surface area contributed by atoms with Gasteiger partial charge in [-0.25, -0.2) is 4.79 Å². The molecular weight excluding hydrogens is 331 g/mol. The van der Waals surface area contributed by atoms with Crippen molar-refractivity contribution in [2.75, 3.05) is 5.32 Å². The minimum absolute atomic E-state index is 0.0258. The molecule has 0 unspecified atom stereocenters. The minimum atomic E-state index is -0.706. The van der Waals surface area contributed by atoms with Crippen molar-refractivity contribution in [3.8, 4) is 0 Å². The monoisotopic (exact) mass is 340 g/mol.